The zero-order valence-electron chi connectivity index (χ0n) is 11.1. The summed E-state index contributed by atoms with van der Waals surface area (Å²) in [7, 11) is 1.56. The fraction of sp³-hybridized carbons (Fsp3) is 0.583. The largest absolute Gasteiger partial charge is 0.495 e. The molecule has 4 nitrogen and oxygen atoms in total. The first kappa shape index (κ1) is 17.2. The van der Waals surface area contributed by atoms with Crippen molar-refractivity contribution in [2.24, 2.45) is 11.7 Å². The van der Waals surface area contributed by atoms with Crippen LogP contribution in [0, 0.1) is 5.92 Å². The molecule has 104 valence electrons. The molecule has 1 heterocycles. The molecule has 0 spiro atoms. The number of nitrogens with one attached hydrogen (secondary N) is 1. The van der Waals surface area contributed by atoms with Gasteiger partial charge >= 0.3 is 0 Å². The molecule has 0 aliphatic carbocycles. The third-order valence-electron chi connectivity index (χ3n) is 3.15. The predicted octanol–water partition coefficient (Wildman–Crippen LogP) is 2.28. The maximum Gasteiger partial charge on any atom is 0.265 e. The fourth-order valence-electron chi connectivity index (χ4n) is 1.37. The van der Waals surface area contributed by atoms with E-state index in [9.17, 15) is 4.79 Å². The van der Waals surface area contributed by atoms with Gasteiger partial charge in [-0.15, -0.1) is 23.7 Å². The number of rotatable bonds is 5. The summed E-state index contributed by atoms with van der Waals surface area (Å²) >= 11 is 1.37. The van der Waals surface area contributed by atoms with Crippen molar-refractivity contribution in [3.05, 3.63) is 16.3 Å². The number of halogens is 1. The van der Waals surface area contributed by atoms with E-state index < -0.39 is 5.54 Å². The number of hydrogen-bond donors (Lipinski definition) is 2. The third-order valence-corrected chi connectivity index (χ3v) is 4.05. The molecular weight excluding hydrogens is 272 g/mol. The number of thiophene rings is 1. The summed E-state index contributed by atoms with van der Waals surface area (Å²) < 4.78 is 5.13. The Hall–Kier alpha value is -0.780. The standard InChI is InChI=1S/C12H20N2O2S.ClH/c1-8(2)12(3,7-13)14-11(15)10-9(16-4)5-6-17-10;/h5-6,8H,7,13H2,1-4H3,(H,14,15);1H. The van der Waals surface area contributed by atoms with E-state index >= 15 is 0 Å². The van der Waals surface area contributed by atoms with E-state index in [1.54, 1.807) is 13.2 Å². The molecule has 1 aromatic heterocycles. The lowest BCUT2D eigenvalue weighted by Crippen LogP contribution is -2.54. The van der Waals surface area contributed by atoms with Crippen molar-refractivity contribution in [3.63, 3.8) is 0 Å². The van der Waals surface area contributed by atoms with Crippen molar-refractivity contribution in [1.82, 2.24) is 5.32 Å². The quantitative estimate of drug-likeness (QED) is 0.875. The molecule has 0 saturated carbocycles. The van der Waals surface area contributed by atoms with Gasteiger partial charge in [-0.1, -0.05) is 13.8 Å². The highest BCUT2D eigenvalue weighted by Crippen LogP contribution is 2.25. The van der Waals surface area contributed by atoms with Crippen molar-refractivity contribution >= 4 is 29.7 Å². The molecule has 18 heavy (non-hydrogen) atoms. The predicted molar refractivity (Wildman–Crippen MR) is 77.9 cm³/mol. The molecule has 1 aromatic rings. The first-order valence-electron chi connectivity index (χ1n) is 5.58. The van der Waals surface area contributed by atoms with Gasteiger partial charge in [-0.2, -0.15) is 0 Å². The SMILES string of the molecule is COc1ccsc1C(=O)NC(C)(CN)C(C)C.Cl. The fourth-order valence-corrected chi connectivity index (χ4v) is 2.12. The van der Waals surface area contributed by atoms with Crippen LogP contribution < -0.4 is 15.8 Å². The van der Waals surface area contributed by atoms with Gasteiger partial charge in [0.2, 0.25) is 0 Å². The molecule has 1 rings (SSSR count). The second-order valence-electron chi connectivity index (χ2n) is 4.55. The van der Waals surface area contributed by atoms with E-state index in [1.807, 2.05) is 26.2 Å². The van der Waals surface area contributed by atoms with Gasteiger partial charge in [0.15, 0.2) is 0 Å². The number of methoxy groups -OCH3 is 1. The van der Waals surface area contributed by atoms with Crippen LogP contribution in [-0.4, -0.2) is 25.1 Å². The Morgan fingerprint density at radius 2 is 2.22 bits per heavy atom. The molecule has 0 aliphatic rings. The van der Waals surface area contributed by atoms with Crippen LogP contribution in [0.15, 0.2) is 11.4 Å². The van der Waals surface area contributed by atoms with E-state index in [4.69, 9.17) is 10.5 Å². The summed E-state index contributed by atoms with van der Waals surface area (Å²) in [6.45, 7) is 6.44. The molecule has 0 aliphatic heterocycles. The van der Waals surface area contributed by atoms with Crippen LogP contribution in [0.1, 0.15) is 30.4 Å². The average Bonchev–Trinajstić information content (AvgIpc) is 2.76. The van der Waals surface area contributed by atoms with E-state index in [1.165, 1.54) is 11.3 Å². The number of nitrogens with two attached hydrogens (primary N) is 1. The van der Waals surface area contributed by atoms with Crippen molar-refractivity contribution in [2.45, 2.75) is 26.3 Å². The van der Waals surface area contributed by atoms with E-state index in [-0.39, 0.29) is 24.2 Å². The number of ether oxygens (including phenoxy) is 1. The highest BCUT2D eigenvalue weighted by molar-refractivity contribution is 7.12. The highest BCUT2D eigenvalue weighted by atomic mass is 35.5. The molecule has 6 heteroatoms. The van der Waals surface area contributed by atoms with Gasteiger partial charge in [0.25, 0.3) is 5.91 Å². The first-order valence-corrected chi connectivity index (χ1v) is 6.46. The molecule has 0 bridgehead atoms. The maximum absolute atomic E-state index is 12.1. The second-order valence-corrected chi connectivity index (χ2v) is 5.46. The Morgan fingerprint density at radius 1 is 1.61 bits per heavy atom. The molecule has 0 saturated heterocycles. The van der Waals surface area contributed by atoms with E-state index in [0.717, 1.165) is 0 Å². The van der Waals surface area contributed by atoms with Gasteiger partial charge < -0.3 is 15.8 Å². The zero-order chi connectivity index (χ0) is 13.1. The molecule has 0 radical (unpaired) electrons. The Morgan fingerprint density at radius 3 is 2.67 bits per heavy atom. The van der Waals surface area contributed by atoms with Gasteiger partial charge in [0, 0.05) is 6.54 Å². The van der Waals surface area contributed by atoms with Crippen molar-refractivity contribution in [1.29, 1.82) is 0 Å². The van der Waals surface area contributed by atoms with Crippen molar-refractivity contribution in [2.75, 3.05) is 13.7 Å². The first-order chi connectivity index (χ1) is 7.94. The maximum atomic E-state index is 12.1. The highest BCUT2D eigenvalue weighted by Gasteiger charge is 2.30. The van der Waals surface area contributed by atoms with Gasteiger partial charge in [-0.3, -0.25) is 4.79 Å². The zero-order valence-corrected chi connectivity index (χ0v) is 12.8. The normalized spacial score (nSPS) is 13.7. The van der Waals surface area contributed by atoms with E-state index in [0.29, 0.717) is 17.2 Å². The van der Waals surface area contributed by atoms with Crippen LogP contribution in [0.5, 0.6) is 5.75 Å². The van der Waals surface area contributed by atoms with Crippen molar-refractivity contribution in [3.8, 4) is 5.75 Å². The minimum absolute atomic E-state index is 0. The Bertz CT molecular complexity index is 395. The van der Waals surface area contributed by atoms with Crippen LogP contribution in [-0.2, 0) is 0 Å². The molecule has 1 atom stereocenters. The monoisotopic (exact) mass is 292 g/mol. The Kier molecular flexibility index (Phi) is 6.67. The molecule has 1 unspecified atom stereocenters. The Balaban J connectivity index is 0.00000289. The van der Waals surface area contributed by atoms with Crippen LogP contribution in [0.25, 0.3) is 0 Å². The lowest BCUT2D eigenvalue weighted by atomic mass is 9.88. The topological polar surface area (TPSA) is 64.3 Å². The van der Waals surface area contributed by atoms with Crippen LogP contribution >= 0.6 is 23.7 Å². The van der Waals surface area contributed by atoms with Crippen LogP contribution in [0.4, 0.5) is 0 Å². The van der Waals surface area contributed by atoms with Crippen molar-refractivity contribution < 1.29 is 9.53 Å². The molecule has 0 aromatic carbocycles. The Labute approximate surface area is 118 Å². The van der Waals surface area contributed by atoms with Gasteiger partial charge in [0.05, 0.1) is 12.6 Å². The molecule has 1 amide bonds. The summed E-state index contributed by atoms with van der Waals surface area (Å²) in [5.74, 6) is 0.747. The minimum Gasteiger partial charge on any atom is -0.495 e. The smallest absolute Gasteiger partial charge is 0.265 e. The van der Waals surface area contributed by atoms with Gasteiger partial charge in [-0.05, 0) is 24.3 Å². The summed E-state index contributed by atoms with van der Waals surface area (Å²) in [5, 5.41) is 4.82. The van der Waals surface area contributed by atoms with Crippen LogP contribution in [0.2, 0.25) is 0 Å². The lowest BCUT2D eigenvalue weighted by molar-refractivity contribution is 0.0884. The van der Waals surface area contributed by atoms with Crippen LogP contribution in [0.3, 0.4) is 0 Å². The van der Waals surface area contributed by atoms with Gasteiger partial charge in [-0.25, -0.2) is 0 Å². The number of carbonyl (C=O) groups is 1. The molecule has 3 N–H and O–H groups in total. The summed E-state index contributed by atoms with van der Waals surface area (Å²) in [6, 6.07) is 1.79. The minimum atomic E-state index is -0.397. The molecular formula is C12H21ClN2O2S. The average molecular weight is 293 g/mol. The second kappa shape index (κ2) is 6.97. The third kappa shape index (κ3) is 3.60. The van der Waals surface area contributed by atoms with Gasteiger partial charge in [0.1, 0.15) is 10.6 Å². The van der Waals surface area contributed by atoms with E-state index in [2.05, 4.69) is 5.32 Å². The number of amides is 1. The molecule has 0 fully saturated rings. The number of carbonyl (C=O) groups excluding carboxylic acids is 1. The summed E-state index contributed by atoms with van der Waals surface area (Å²) in [6.07, 6.45) is 0. The number of hydrogen-bond acceptors (Lipinski definition) is 4. The summed E-state index contributed by atoms with van der Waals surface area (Å²) in [4.78, 5) is 12.7. The lowest BCUT2D eigenvalue weighted by Gasteiger charge is -2.33. The summed E-state index contributed by atoms with van der Waals surface area (Å²) in [5.41, 5.74) is 5.34.